The molecule has 2 aromatic rings. The van der Waals surface area contributed by atoms with Gasteiger partial charge in [-0.25, -0.2) is 0 Å². The van der Waals surface area contributed by atoms with Crippen LogP contribution in [0.2, 0.25) is 0 Å². The molecule has 1 aromatic carbocycles. The molecule has 0 unspecified atom stereocenters. The maximum Gasteiger partial charge on any atom is 0.270 e. The standard InChI is InChI=1S/C18H20N4O3/c1-13-6-10-21(11-7-13)17-3-2-15(22(24)25)12-16(17)18(23)20-14-4-8-19-9-5-14/h2-5,8-9,12-13H,6-7,10-11H2,1H3,(H,19,20,23). The zero-order chi connectivity index (χ0) is 17.8. The maximum atomic E-state index is 12.7. The fourth-order valence-electron chi connectivity index (χ4n) is 2.98. The van der Waals surface area contributed by atoms with Gasteiger partial charge in [-0.2, -0.15) is 0 Å². The van der Waals surface area contributed by atoms with Crippen LogP contribution in [0, 0.1) is 16.0 Å². The molecule has 0 saturated carbocycles. The molecule has 0 spiro atoms. The van der Waals surface area contributed by atoms with E-state index in [1.165, 1.54) is 12.1 Å². The number of aromatic nitrogens is 1. The van der Waals surface area contributed by atoms with Crippen molar-refractivity contribution in [2.75, 3.05) is 23.3 Å². The van der Waals surface area contributed by atoms with E-state index in [0.717, 1.165) is 31.6 Å². The van der Waals surface area contributed by atoms with Crippen molar-refractivity contribution in [3.63, 3.8) is 0 Å². The molecular weight excluding hydrogens is 320 g/mol. The van der Waals surface area contributed by atoms with Gasteiger partial charge in [0.05, 0.1) is 16.2 Å². The summed E-state index contributed by atoms with van der Waals surface area (Å²) in [5.74, 6) is 0.298. The van der Waals surface area contributed by atoms with E-state index < -0.39 is 4.92 Å². The van der Waals surface area contributed by atoms with E-state index in [2.05, 4.69) is 22.1 Å². The van der Waals surface area contributed by atoms with Crippen molar-refractivity contribution < 1.29 is 9.72 Å². The summed E-state index contributed by atoms with van der Waals surface area (Å²) in [6, 6.07) is 7.84. The minimum absolute atomic E-state index is 0.0889. The van der Waals surface area contributed by atoms with Gasteiger partial charge in [-0.05, 0) is 37.0 Å². The molecule has 3 rings (SSSR count). The molecule has 0 radical (unpaired) electrons. The van der Waals surface area contributed by atoms with Crippen molar-refractivity contribution in [3.05, 3.63) is 58.4 Å². The largest absolute Gasteiger partial charge is 0.371 e. The first-order valence-electron chi connectivity index (χ1n) is 8.29. The van der Waals surface area contributed by atoms with Gasteiger partial charge in [0.25, 0.3) is 11.6 Å². The predicted octanol–water partition coefficient (Wildman–Crippen LogP) is 3.48. The van der Waals surface area contributed by atoms with Gasteiger partial charge in [-0.1, -0.05) is 6.92 Å². The van der Waals surface area contributed by atoms with Gasteiger partial charge >= 0.3 is 0 Å². The number of carbonyl (C=O) groups is 1. The van der Waals surface area contributed by atoms with E-state index >= 15 is 0 Å². The summed E-state index contributed by atoms with van der Waals surface area (Å²) in [5.41, 5.74) is 1.57. The number of hydrogen-bond donors (Lipinski definition) is 1. The molecule has 1 N–H and O–H groups in total. The van der Waals surface area contributed by atoms with Crippen LogP contribution in [0.1, 0.15) is 30.1 Å². The summed E-state index contributed by atoms with van der Waals surface area (Å²) < 4.78 is 0. The first-order valence-corrected chi connectivity index (χ1v) is 8.29. The van der Waals surface area contributed by atoms with E-state index in [-0.39, 0.29) is 11.6 Å². The highest BCUT2D eigenvalue weighted by molar-refractivity contribution is 6.08. The molecule has 1 aliphatic heterocycles. The molecule has 1 aromatic heterocycles. The van der Waals surface area contributed by atoms with E-state index in [1.807, 2.05) is 0 Å². The van der Waals surface area contributed by atoms with Crippen molar-refractivity contribution in [1.29, 1.82) is 0 Å². The lowest BCUT2D eigenvalue weighted by Gasteiger charge is -2.33. The smallest absolute Gasteiger partial charge is 0.270 e. The minimum Gasteiger partial charge on any atom is -0.371 e. The van der Waals surface area contributed by atoms with E-state index in [0.29, 0.717) is 17.2 Å². The molecule has 0 atom stereocenters. The first kappa shape index (κ1) is 16.9. The first-order chi connectivity index (χ1) is 12.0. The Bertz CT molecular complexity index is 771. The molecule has 0 aliphatic carbocycles. The Morgan fingerprint density at radius 3 is 2.56 bits per heavy atom. The summed E-state index contributed by atoms with van der Waals surface area (Å²) in [6.45, 7) is 3.90. The molecule has 130 valence electrons. The van der Waals surface area contributed by atoms with Crippen molar-refractivity contribution in [1.82, 2.24) is 4.98 Å². The molecule has 7 nitrogen and oxygen atoms in total. The number of piperidine rings is 1. The predicted molar refractivity (Wildman–Crippen MR) is 95.9 cm³/mol. The molecule has 1 saturated heterocycles. The molecule has 1 amide bonds. The summed E-state index contributed by atoms with van der Waals surface area (Å²) in [4.78, 5) is 29.4. The number of nitrogens with one attached hydrogen (secondary N) is 1. The lowest BCUT2D eigenvalue weighted by atomic mass is 9.98. The van der Waals surface area contributed by atoms with Crippen LogP contribution in [-0.2, 0) is 0 Å². The van der Waals surface area contributed by atoms with Crippen LogP contribution in [0.25, 0.3) is 0 Å². The van der Waals surface area contributed by atoms with Crippen LogP contribution >= 0.6 is 0 Å². The van der Waals surface area contributed by atoms with Crippen LogP contribution in [0.4, 0.5) is 17.1 Å². The Kier molecular flexibility index (Phi) is 4.92. The number of nitro groups is 1. The minimum atomic E-state index is -0.481. The Morgan fingerprint density at radius 2 is 1.92 bits per heavy atom. The highest BCUT2D eigenvalue weighted by atomic mass is 16.6. The third-order valence-corrected chi connectivity index (χ3v) is 4.50. The zero-order valence-corrected chi connectivity index (χ0v) is 14.0. The van der Waals surface area contributed by atoms with Crippen molar-refractivity contribution >= 4 is 23.0 Å². The lowest BCUT2D eigenvalue weighted by Crippen LogP contribution is -2.34. The van der Waals surface area contributed by atoms with Crippen molar-refractivity contribution in [2.24, 2.45) is 5.92 Å². The quantitative estimate of drug-likeness (QED) is 0.680. The topological polar surface area (TPSA) is 88.4 Å². The summed E-state index contributed by atoms with van der Waals surface area (Å²) >= 11 is 0. The number of nitrogens with zero attached hydrogens (tertiary/aromatic N) is 3. The number of benzene rings is 1. The second-order valence-corrected chi connectivity index (χ2v) is 6.32. The molecule has 1 aliphatic rings. The molecule has 2 heterocycles. The fourth-order valence-corrected chi connectivity index (χ4v) is 2.98. The zero-order valence-electron chi connectivity index (χ0n) is 14.0. The molecule has 7 heteroatoms. The van der Waals surface area contributed by atoms with Crippen molar-refractivity contribution in [3.8, 4) is 0 Å². The number of carbonyl (C=O) groups excluding carboxylic acids is 1. The van der Waals surface area contributed by atoms with E-state index in [1.54, 1.807) is 30.6 Å². The molecule has 0 bridgehead atoms. The van der Waals surface area contributed by atoms with Crippen LogP contribution < -0.4 is 10.2 Å². The van der Waals surface area contributed by atoms with Gasteiger partial charge in [0, 0.05) is 43.3 Å². The van der Waals surface area contributed by atoms with Crippen LogP contribution in [0.5, 0.6) is 0 Å². The average molecular weight is 340 g/mol. The third kappa shape index (κ3) is 3.93. The highest BCUT2D eigenvalue weighted by Gasteiger charge is 2.23. The Hall–Kier alpha value is -2.96. The SMILES string of the molecule is CC1CCN(c2ccc([N+](=O)[O-])cc2C(=O)Nc2ccncc2)CC1. The summed E-state index contributed by atoms with van der Waals surface area (Å²) in [6.07, 6.45) is 5.25. The number of hydrogen-bond acceptors (Lipinski definition) is 5. The van der Waals surface area contributed by atoms with Gasteiger partial charge in [-0.3, -0.25) is 19.9 Å². The molecule has 25 heavy (non-hydrogen) atoms. The maximum absolute atomic E-state index is 12.7. The average Bonchev–Trinajstić information content (AvgIpc) is 2.62. The number of pyridine rings is 1. The Labute approximate surface area is 145 Å². The van der Waals surface area contributed by atoms with E-state index in [9.17, 15) is 14.9 Å². The Balaban J connectivity index is 1.92. The number of anilines is 2. The summed E-state index contributed by atoms with van der Waals surface area (Å²) in [7, 11) is 0. The molecule has 1 fully saturated rings. The lowest BCUT2D eigenvalue weighted by molar-refractivity contribution is -0.384. The monoisotopic (exact) mass is 340 g/mol. The molecular formula is C18H20N4O3. The number of non-ortho nitro benzene ring substituents is 1. The van der Waals surface area contributed by atoms with Gasteiger partial charge in [0.1, 0.15) is 0 Å². The number of amides is 1. The fraction of sp³-hybridized carbons (Fsp3) is 0.333. The second kappa shape index (κ2) is 7.29. The van der Waals surface area contributed by atoms with Crippen molar-refractivity contribution in [2.45, 2.75) is 19.8 Å². The Morgan fingerprint density at radius 1 is 1.24 bits per heavy atom. The van der Waals surface area contributed by atoms with Crippen LogP contribution in [0.15, 0.2) is 42.7 Å². The highest BCUT2D eigenvalue weighted by Crippen LogP contribution is 2.30. The second-order valence-electron chi connectivity index (χ2n) is 6.32. The summed E-state index contributed by atoms with van der Waals surface area (Å²) in [5, 5.41) is 13.9. The number of nitro benzene ring substituents is 1. The van der Waals surface area contributed by atoms with Gasteiger partial charge in [0.2, 0.25) is 0 Å². The van der Waals surface area contributed by atoms with Crippen LogP contribution in [0.3, 0.4) is 0 Å². The van der Waals surface area contributed by atoms with Gasteiger partial charge in [0.15, 0.2) is 0 Å². The number of rotatable bonds is 4. The van der Waals surface area contributed by atoms with Gasteiger partial charge < -0.3 is 10.2 Å². The van der Waals surface area contributed by atoms with Crippen LogP contribution in [-0.4, -0.2) is 28.9 Å². The normalized spacial score (nSPS) is 15.0. The van der Waals surface area contributed by atoms with E-state index in [4.69, 9.17) is 0 Å². The third-order valence-electron chi connectivity index (χ3n) is 4.50. The van der Waals surface area contributed by atoms with Gasteiger partial charge in [-0.15, -0.1) is 0 Å².